The molecule has 0 aromatic rings. The van der Waals surface area contributed by atoms with E-state index in [1.54, 1.807) is 0 Å². The SMILES string of the molecule is CCCCN1CCC(NC(=O)CCNC(C)C)CC1. The number of amides is 1. The van der Waals surface area contributed by atoms with Crippen LogP contribution in [-0.4, -0.2) is 49.1 Å². The third-order valence-corrected chi connectivity index (χ3v) is 3.69. The van der Waals surface area contributed by atoms with Crippen LogP contribution in [0.5, 0.6) is 0 Å². The molecule has 0 saturated carbocycles. The van der Waals surface area contributed by atoms with Crippen molar-refractivity contribution in [3.8, 4) is 0 Å². The van der Waals surface area contributed by atoms with E-state index in [0.717, 1.165) is 32.5 Å². The average Bonchev–Trinajstić information content (AvgIpc) is 2.37. The molecule has 1 aliphatic rings. The molecule has 0 aliphatic carbocycles. The zero-order valence-corrected chi connectivity index (χ0v) is 12.9. The van der Waals surface area contributed by atoms with Crippen molar-refractivity contribution in [2.24, 2.45) is 0 Å². The molecule has 0 aromatic carbocycles. The van der Waals surface area contributed by atoms with Gasteiger partial charge in [0.15, 0.2) is 0 Å². The number of unbranched alkanes of at least 4 members (excludes halogenated alkanes) is 1. The van der Waals surface area contributed by atoms with E-state index in [4.69, 9.17) is 0 Å². The molecule has 0 atom stereocenters. The highest BCUT2D eigenvalue weighted by Gasteiger charge is 2.19. The molecular formula is C15H31N3O. The van der Waals surface area contributed by atoms with Gasteiger partial charge in [-0.2, -0.15) is 0 Å². The predicted octanol–water partition coefficient (Wildman–Crippen LogP) is 1.76. The van der Waals surface area contributed by atoms with E-state index < -0.39 is 0 Å². The van der Waals surface area contributed by atoms with E-state index in [1.165, 1.54) is 19.4 Å². The van der Waals surface area contributed by atoms with Crippen LogP contribution in [0.4, 0.5) is 0 Å². The van der Waals surface area contributed by atoms with Gasteiger partial charge in [-0.3, -0.25) is 4.79 Å². The molecule has 2 N–H and O–H groups in total. The maximum atomic E-state index is 11.8. The van der Waals surface area contributed by atoms with Crippen LogP contribution in [0.1, 0.15) is 52.9 Å². The lowest BCUT2D eigenvalue weighted by Gasteiger charge is -2.32. The van der Waals surface area contributed by atoms with Crippen LogP contribution >= 0.6 is 0 Å². The maximum absolute atomic E-state index is 11.8. The molecule has 1 fully saturated rings. The summed E-state index contributed by atoms with van der Waals surface area (Å²) in [5.41, 5.74) is 0. The van der Waals surface area contributed by atoms with E-state index in [-0.39, 0.29) is 5.91 Å². The number of rotatable bonds is 8. The summed E-state index contributed by atoms with van der Waals surface area (Å²) in [4.78, 5) is 14.3. The Morgan fingerprint density at radius 3 is 2.58 bits per heavy atom. The highest BCUT2D eigenvalue weighted by Crippen LogP contribution is 2.11. The smallest absolute Gasteiger partial charge is 0.221 e. The fraction of sp³-hybridized carbons (Fsp3) is 0.933. The lowest BCUT2D eigenvalue weighted by atomic mass is 10.0. The number of hydrogen-bond acceptors (Lipinski definition) is 3. The first kappa shape index (κ1) is 16.4. The lowest BCUT2D eigenvalue weighted by Crippen LogP contribution is -2.45. The Morgan fingerprint density at radius 2 is 2.00 bits per heavy atom. The standard InChI is InChI=1S/C15H31N3O/c1-4-5-10-18-11-7-14(8-12-18)17-15(19)6-9-16-13(2)3/h13-14,16H,4-12H2,1-3H3,(H,17,19). The molecule has 0 unspecified atom stereocenters. The summed E-state index contributed by atoms with van der Waals surface area (Å²) in [6, 6.07) is 0.846. The van der Waals surface area contributed by atoms with Gasteiger partial charge in [-0.15, -0.1) is 0 Å². The van der Waals surface area contributed by atoms with Crippen molar-refractivity contribution in [2.75, 3.05) is 26.2 Å². The average molecular weight is 269 g/mol. The Balaban J connectivity index is 2.09. The molecule has 1 rings (SSSR count). The first-order chi connectivity index (χ1) is 9.11. The van der Waals surface area contributed by atoms with E-state index in [1.807, 2.05) is 0 Å². The molecule has 0 radical (unpaired) electrons. The Kier molecular flexibility index (Phi) is 8.07. The second kappa shape index (κ2) is 9.32. The fourth-order valence-corrected chi connectivity index (χ4v) is 2.46. The van der Waals surface area contributed by atoms with Gasteiger partial charge in [0.2, 0.25) is 5.91 Å². The number of likely N-dealkylation sites (tertiary alicyclic amines) is 1. The third-order valence-electron chi connectivity index (χ3n) is 3.69. The Hall–Kier alpha value is -0.610. The van der Waals surface area contributed by atoms with Gasteiger partial charge in [0.1, 0.15) is 0 Å². The third kappa shape index (κ3) is 7.53. The van der Waals surface area contributed by atoms with Crippen molar-refractivity contribution < 1.29 is 4.79 Å². The molecule has 0 spiro atoms. The monoisotopic (exact) mass is 269 g/mol. The van der Waals surface area contributed by atoms with E-state index in [2.05, 4.69) is 36.3 Å². The Bertz CT molecular complexity index is 248. The van der Waals surface area contributed by atoms with Crippen LogP contribution in [0.2, 0.25) is 0 Å². The molecule has 0 bridgehead atoms. The van der Waals surface area contributed by atoms with Crippen LogP contribution in [-0.2, 0) is 4.79 Å². The summed E-state index contributed by atoms with van der Waals surface area (Å²) in [6.45, 7) is 10.7. The number of hydrogen-bond donors (Lipinski definition) is 2. The summed E-state index contributed by atoms with van der Waals surface area (Å²) in [5, 5.41) is 6.44. The molecule has 1 saturated heterocycles. The van der Waals surface area contributed by atoms with Crippen LogP contribution in [0.3, 0.4) is 0 Å². The van der Waals surface area contributed by atoms with E-state index in [9.17, 15) is 4.79 Å². The van der Waals surface area contributed by atoms with Crippen molar-refractivity contribution in [1.82, 2.24) is 15.5 Å². The summed E-state index contributed by atoms with van der Waals surface area (Å²) in [6.07, 6.45) is 5.35. The highest BCUT2D eigenvalue weighted by atomic mass is 16.1. The number of carbonyl (C=O) groups is 1. The number of carbonyl (C=O) groups excluding carboxylic acids is 1. The van der Waals surface area contributed by atoms with Gasteiger partial charge >= 0.3 is 0 Å². The summed E-state index contributed by atoms with van der Waals surface area (Å²) >= 11 is 0. The minimum atomic E-state index is 0.195. The van der Waals surface area contributed by atoms with Crippen molar-refractivity contribution >= 4 is 5.91 Å². The quantitative estimate of drug-likeness (QED) is 0.706. The molecule has 1 aliphatic heterocycles. The predicted molar refractivity (Wildman–Crippen MR) is 80.3 cm³/mol. The number of nitrogens with zero attached hydrogens (tertiary/aromatic N) is 1. The van der Waals surface area contributed by atoms with Gasteiger partial charge in [-0.25, -0.2) is 0 Å². The second-order valence-electron chi connectivity index (χ2n) is 5.90. The first-order valence-electron chi connectivity index (χ1n) is 7.87. The van der Waals surface area contributed by atoms with Gasteiger partial charge in [0, 0.05) is 38.1 Å². The van der Waals surface area contributed by atoms with Gasteiger partial charge in [-0.1, -0.05) is 27.2 Å². The summed E-state index contributed by atoms with van der Waals surface area (Å²) in [7, 11) is 0. The minimum Gasteiger partial charge on any atom is -0.353 e. The zero-order chi connectivity index (χ0) is 14.1. The molecule has 4 heteroatoms. The van der Waals surface area contributed by atoms with Gasteiger partial charge in [-0.05, 0) is 25.8 Å². The van der Waals surface area contributed by atoms with Crippen LogP contribution < -0.4 is 10.6 Å². The molecule has 0 aromatic heterocycles. The van der Waals surface area contributed by atoms with Gasteiger partial charge < -0.3 is 15.5 Å². The molecule has 1 amide bonds. The van der Waals surface area contributed by atoms with Gasteiger partial charge in [0.05, 0.1) is 0 Å². The lowest BCUT2D eigenvalue weighted by molar-refractivity contribution is -0.122. The number of piperidine rings is 1. The second-order valence-corrected chi connectivity index (χ2v) is 5.90. The normalized spacial score (nSPS) is 17.9. The Labute approximate surface area is 118 Å². The highest BCUT2D eigenvalue weighted by molar-refractivity contribution is 5.76. The van der Waals surface area contributed by atoms with Crippen molar-refractivity contribution in [2.45, 2.75) is 65.0 Å². The molecule has 1 heterocycles. The molecule has 19 heavy (non-hydrogen) atoms. The Morgan fingerprint density at radius 1 is 1.32 bits per heavy atom. The maximum Gasteiger partial charge on any atom is 0.221 e. The molecule has 112 valence electrons. The van der Waals surface area contributed by atoms with E-state index >= 15 is 0 Å². The molecule has 4 nitrogen and oxygen atoms in total. The summed E-state index contributed by atoms with van der Waals surface area (Å²) in [5.74, 6) is 0.195. The van der Waals surface area contributed by atoms with Crippen molar-refractivity contribution in [3.05, 3.63) is 0 Å². The van der Waals surface area contributed by atoms with Crippen LogP contribution in [0, 0.1) is 0 Å². The van der Waals surface area contributed by atoms with Crippen molar-refractivity contribution in [1.29, 1.82) is 0 Å². The number of nitrogens with one attached hydrogen (secondary N) is 2. The largest absolute Gasteiger partial charge is 0.353 e. The molecular weight excluding hydrogens is 238 g/mol. The first-order valence-corrected chi connectivity index (χ1v) is 7.87. The van der Waals surface area contributed by atoms with Gasteiger partial charge in [0.25, 0.3) is 0 Å². The summed E-state index contributed by atoms with van der Waals surface area (Å²) < 4.78 is 0. The van der Waals surface area contributed by atoms with E-state index in [0.29, 0.717) is 18.5 Å². The fourth-order valence-electron chi connectivity index (χ4n) is 2.46. The topological polar surface area (TPSA) is 44.4 Å². The minimum absolute atomic E-state index is 0.195. The van der Waals surface area contributed by atoms with Crippen LogP contribution in [0.15, 0.2) is 0 Å². The van der Waals surface area contributed by atoms with Crippen LogP contribution in [0.25, 0.3) is 0 Å². The van der Waals surface area contributed by atoms with Crippen molar-refractivity contribution in [3.63, 3.8) is 0 Å². The zero-order valence-electron chi connectivity index (χ0n) is 12.9.